The second-order valence-electron chi connectivity index (χ2n) is 2.92. The van der Waals surface area contributed by atoms with E-state index in [1.807, 2.05) is 36.5 Å². The molecular weight excluding hydrogens is 192 g/mol. The predicted octanol–water partition coefficient (Wildman–Crippen LogP) is 2.30. The molecule has 0 radical (unpaired) electrons. The van der Waals surface area contributed by atoms with Crippen LogP contribution in [-0.2, 0) is 0 Å². The van der Waals surface area contributed by atoms with Gasteiger partial charge in [-0.05, 0) is 59.8 Å². The van der Waals surface area contributed by atoms with Gasteiger partial charge in [-0.25, -0.2) is 0 Å². The molecule has 0 aromatic carbocycles. The van der Waals surface area contributed by atoms with E-state index in [0.717, 1.165) is 11.1 Å². The van der Waals surface area contributed by atoms with Crippen LogP contribution in [0.25, 0.3) is 0 Å². The highest BCUT2D eigenvalue weighted by atomic mass is 13.9. The summed E-state index contributed by atoms with van der Waals surface area (Å²) in [6.07, 6.45) is 11.2. The molecule has 0 heterocycles. The molecule has 0 saturated carbocycles. The summed E-state index contributed by atoms with van der Waals surface area (Å²) in [6.45, 7) is 0. The zero-order chi connectivity index (χ0) is 11.1. The van der Waals surface area contributed by atoms with Crippen LogP contribution in [0.15, 0.2) is 59.1 Å². The molecule has 0 spiro atoms. The minimum Gasteiger partial charge on any atom is -0.104 e. The quantitative estimate of drug-likeness (QED) is 0.414. The van der Waals surface area contributed by atoms with Gasteiger partial charge in [-0.3, -0.25) is 0 Å². The molecule has 0 unspecified atom stereocenters. The average molecular weight is 198 g/mol. The molecule has 2 aliphatic rings. The van der Waals surface area contributed by atoms with Crippen molar-refractivity contribution in [1.29, 1.82) is 0 Å². The average Bonchev–Trinajstić information content (AvgIpc) is 2.96. The molecule has 0 saturated heterocycles. The van der Waals surface area contributed by atoms with Crippen molar-refractivity contribution in [1.82, 2.24) is 0 Å². The Morgan fingerprint density at radius 2 is 1.19 bits per heavy atom. The predicted molar refractivity (Wildman–Crippen MR) is 64.8 cm³/mol. The van der Waals surface area contributed by atoms with Crippen LogP contribution in [0.2, 0.25) is 0 Å². The van der Waals surface area contributed by atoms with E-state index >= 15 is 0 Å². The lowest BCUT2D eigenvalue weighted by molar-refractivity contribution is 1.88. The normalized spacial score (nSPS) is 13.0. The van der Waals surface area contributed by atoms with E-state index in [-0.39, 0.29) is 0 Å². The summed E-state index contributed by atoms with van der Waals surface area (Å²) in [4.78, 5) is 0. The Kier molecular flexibility index (Phi) is 3.15. The van der Waals surface area contributed by atoms with Crippen molar-refractivity contribution < 1.29 is 0 Å². The second kappa shape index (κ2) is 5.17. The number of allylic oxidation sites excluding steroid dienone is 6. The van der Waals surface area contributed by atoms with Gasteiger partial charge in [0.05, 0.1) is 11.1 Å². The standard InChI is InChI=1S/C16H6/c1(3-9-15-11-5-6-12-15)2-4-10-16-13-7-8-14-16/h5-8,11,13H. The fraction of sp³-hybridized carbons (Fsp3) is 0. The Morgan fingerprint density at radius 1 is 0.688 bits per heavy atom. The van der Waals surface area contributed by atoms with E-state index < -0.39 is 0 Å². The van der Waals surface area contributed by atoms with Gasteiger partial charge in [-0.1, -0.05) is 12.2 Å². The molecule has 0 aliphatic heterocycles. The van der Waals surface area contributed by atoms with Gasteiger partial charge in [-0.15, -0.1) is 11.5 Å². The van der Waals surface area contributed by atoms with Crippen molar-refractivity contribution in [2.75, 3.05) is 0 Å². The van der Waals surface area contributed by atoms with Gasteiger partial charge in [0.2, 0.25) is 0 Å². The lowest BCUT2D eigenvalue weighted by atomic mass is 10.3. The van der Waals surface area contributed by atoms with Crippen LogP contribution in [-0.4, -0.2) is 0 Å². The first-order valence-corrected chi connectivity index (χ1v) is 4.74. The monoisotopic (exact) mass is 198 g/mol. The van der Waals surface area contributed by atoms with Gasteiger partial charge in [0, 0.05) is 0 Å². The smallest absolute Gasteiger partial charge is 0.0674 e. The number of hydrogen-bond acceptors (Lipinski definition) is 0. The molecule has 0 N–H and O–H groups in total. The molecule has 0 aromatic rings. The molecule has 0 atom stereocenters. The summed E-state index contributed by atoms with van der Waals surface area (Å²) >= 11 is 0. The van der Waals surface area contributed by atoms with Crippen molar-refractivity contribution in [2.24, 2.45) is 0 Å². The van der Waals surface area contributed by atoms with Crippen LogP contribution < -0.4 is 0 Å². The summed E-state index contributed by atoms with van der Waals surface area (Å²) in [5, 5.41) is 0. The number of hydrogen-bond donors (Lipinski definition) is 0. The van der Waals surface area contributed by atoms with Crippen LogP contribution in [0, 0.1) is 35.5 Å². The maximum atomic E-state index is 2.97. The molecule has 70 valence electrons. The van der Waals surface area contributed by atoms with E-state index in [2.05, 4.69) is 47.0 Å². The Bertz CT molecular complexity index is 614. The van der Waals surface area contributed by atoms with Gasteiger partial charge in [0.1, 0.15) is 0 Å². The first-order valence-electron chi connectivity index (χ1n) is 4.74. The van der Waals surface area contributed by atoms with E-state index in [4.69, 9.17) is 0 Å². The molecule has 0 aromatic heterocycles. The zero-order valence-corrected chi connectivity index (χ0v) is 8.46. The third kappa shape index (κ3) is 2.86. The lowest BCUT2D eigenvalue weighted by Gasteiger charge is -1.73. The highest BCUT2D eigenvalue weighted by Gasteiger charge is 1.85. The molecule has 0 amide bonds. The molecule has 16 heavy (non-hydrogen) atoms. The minimum atomic E-state index is 0.853. The summed E-state index contributed by atoms with van der Waals surface area (Å²) in [7, 11) is 0. The van der Waals surface area contributed by atoms with Crippen LogP contribution in [0.5, 0.6) is 0 Å². The fourth-order valence-electron chi connectivity index (χ4n) is 1.08. The first kappa shape index (κ1) is 9.74. The molecule has 0 nitrogen and oxygen atoms in total. The first-order chi connectivity index (χ1) is 7.95. The van der Waals surface area contributed by atoms with Gasteiger partial charge in [0.25, 0.3) is 0 Å². The summed E-state index contributed by atoms with van der Waals surface area (Å²) in [5.74, 6) is 16.5. The van der Waals surface area contributed by atoms with Crippen molar-refractivity contribution in [3.8, 4) is 35.5 Å². The second-order valence-corrected chi connectivity index (χ2v) is 2.92. The fourth-order valence-corrected chi connectivity index (χ4v) is 1.08. The van der Waals surface area contributed by atoms with Crippen molar-refractivity contribution in [3.63, 3.8) is 0 Å². The molecule has 0 bridgehead atoms. The Balaban J connectivity index is 1.96. The van der Waals surface area contributed by atoms with Gasteiger partial charge >= 0.3 is 0 Å². The molecule has 2 aliphatic carbocycles. The van der Waals surface area contributed by atoms with Crippen LogP contribution >= 0.6 is 0 Å². The minimum absolute atomic E-state index is 0.853. The zero-order valence-electron chi connectivity index (χ0n) is 8.46. The maximum absolute atomic E-state index is 2.97. The third-order valence-electron chi connectivity index (χ3n) is 1.78. The third-order valence-corrected chi connectivity index (χ3v) is 1.78. The topological polar surface area (TPSA) is 0 Å². The molecular formula is C16H6. The summed E-state index contributed by atoms with van der Waals surface area (Å²) in [5.41, 5.74) is 7.64. The van der Waals surface area contributed by atoms with Crippen LogP contribution in [0.1, 0.15) is 0 Å². The van der Waals surface area contributed by atoms with Gasteiger partial charge in [-0.2, -0.15) is 0 Å². The van der Waals surface area contributed by atoms with Crippen molar-refractivity contribution in [2.45, 2.75) is 0 Å². The SMILES string of the molecule is C1=CC=CC=1C#CC#CC#CC1=C=CC=C1. The van der Waals surface area contributed by atoms with E-state index in [1.54, 1.807) is 0 Å². The van der Waals surface area contributed by atoms with Crippen LogP contribution in [0.4, 0.5) is 0 Å². The summed E-state index contributed by atoms with van der Waals surface area (Å²) in [6, 6.07) is 0. The van der Waals surface area contributed by atoms with E-state index in [9.17, 15) is 0 Å². The van der Waals surface area contributed by atoms with Gasteiger partial charge in [0.15, 0.2) is 0 Å². The van der Waals surface area contributed by atoms with E-state index in [1.165, 1.54) is 0 Å². The lowest BCUT2D eigenvalue weighted by Crippen LogP contribution is -1.64. The Labute approximate surface area is 95.1 Å². The van der Waals surface area contributed by atoms with Crippen molar-refractivity contribution >= 4 is 0 Å². The highest BCUT2D eigenvalue weighted by Crippen LogP contribution is 1.98. The Hall–Kier alpha value is -2.80. The largest absolute Gasteiger partial charge is 0.104 e. The van der Waals surface area contributed by atoms with Crippen molar-refractivity contribution in [3.05, 3.63) is 59.1 Å². The number of rotatable bonds is 0. The van der Waals surface area contributed by atoms with E-state index in [0.29, 0.717) is 0 Å². The molecule has 0 fully saturated rings. The molecule has 0 heteroatoms. The molecule has 2 rings (SSSR count). The highest BCUT2D eigenvalue weighted by molar-refractivity contribution is 5.50. The van der Waals surface area contributed by atoms with Gasteiger partial charge < -0.3 is 0 Å². The summed E-state index contributed by atoms with van der Waals surface area (Å²) < 4.78 is 0. The van der Waals surface area contributed by atoms with Crippen LogP contribution in [0.3, 0.4) is 0 Å². The maximum Gasteiger partial charge on any atom is 0.0674 e. The Morgan fingerprint density at radius 3 is 1.56 bits per heavy atom.